The lowest BCUT2D eigenvalue weighted by atomic mass is 9.85. The van der Waals surface area contributed by atoms with E-state index in [-0.39, 0.29) is 17.4 Å². The third kappa shape index (κ3) is 3.68. The van der Waals surface area contributed by atoms with Crippen molar-refractivity contribution in [3.05, 3.63) is 29.8 Å². The molecule has 2 aromatic rings. The third-order valence-corrected chi connectivity index (χ3v) is 5.96. The number of aromatic carboxylic acids is 1. The van der Waals surface area contributed by atoms with Crippen molar-refractivity contribution in [2.75, 3.05) is 23.3 Å². The summed E-state index contributed by atoms with van der Waals surface area (Å²) in [6, 6.07) is 7.02. The first kappa shape index (κ1) is 18.7. The number of carbonyl (C=O) groups is 2. The fourth-order valence-corrected chi connectivity index (χ4v) is 4.39. The average Bonchev–Trinajstić information content (AvgIpc) is 2.58. The van der Waals surface area contributed by atoms with Gasteiger partial charge < -0.3 is 15.3 Å². The molecule has 1 aromatic heterocycles. The summed E-state index contributed by atoms with van der Waals surface area (Å²) >= 11 is 0. The maximum absolute atomic E-state index is 12.2. The smallest absolute Gasteiger partial charge is 0.336 e. The molecule has 1 amide bonds. The number of anilines is 2. The number of rotatable bonds is 4. The highest BCUT2D eigenvalue weighted by Crippen LogP contribution is 2.31. The number of pyridine rings is 1. The van der Waals surface area contributed by atoms with Crippen molar-refractivity contribution in [3.8, 4) is 0 Å². The number of fused-ring (bicyclic) bond motifs is 1. The molecule has 4 rings (SSSR count). The molecular formula is C22H27N3O3. The molecule has 2 heterocycles. The lowest BCUT2D eigenvalue weighted by Crippen LogP contribution is -2.39. The molecule has 0 bridgehead atoms. The van der Waals surface area contributed by atoms with Gasteiger partial charge in [-0.1, -0.05) is 20.3 Å². The highest BCUT2D eigenvalue weighted by atomic mass is 16.4. The maximum Gasteiger partial charge on any atom is 0.336 e. The Labute approximate surface area is 164 Å². The van der Waals surface area contributed by atoms with Crippen molar-refractivity contribution >= 4 is 34.3 Å². The van der Waals surface area contributed by atoms with Crippen LogP contribution in [0.5, 0.6) is 0 Å². The number of nitrogens with zero attached hydrogens (tertiary/aromatic N) is 2. The number of nitrogens with one attached hydrogen (secondary N) is 1. The normalized spacial score (nSPS) is 22.7. The summed E-state index contributed by atoms with van der Waals surface area (Å²) in [7, 11) is 0. The molecule has 1 saturated carbocycles. The molecule has 148 valence electrons. The van der Waals surface area contributed by atoms with Gasteiger partial charge in [-0.25, -0.2) is 9.78 Å². The van der Waals surface area contributed by atoms with Crippen LogP contribution in [0.25, 0.3) is 10.9 Å². The Kier molecular flexibility index (Phi) is 4.96. The first-order chi connectivity index (χ1) is 13.4. The number of benzene rings is 1. The van der Waals surface area contributed by atoms with Crippen molar-refractivity contribution in [1.82, 2.24) is 4.98 Å². The summed E-state index contributed by atoms with van der Waals surface area (Å²) in [5.74, 6) is 0.947. The monoisotopic (exact) mass is 381 g/mol. The topological polar surface area (TPSA) is 82.5 Å². The fourth-order valence-electron chi connectivity index (χ4n) is 4.39. The minimum absolute atomic E-state index is 0.0170. The molecule has 2 aliphatic rings. The number of hydrogen-bond donors (Lipinski definition) is 2. The van der Waals surface area contributed by atoms with Crippen molar-refractivity contribution in [2.45, 2.75) is 39.5 Å². The third-order valence-electron chi connectivity index (χ3n) is 5.96. The molecule has 1 aliphatic carbocycles. The summed E-state index contributed by atoms with van der Waals surface area (Å²) in [6.07, 6.45) is 4.13. The van der Waals surface area contributed by atoms with Gasteiger partial charge in [0.15, 0.2) is 0 Å². The SMILES string of the molecule is CC1CC(C)CN(c2cc(C(=O)O)c3cc(NC(=O)C4CCC4)ccc3n2)C1. The van der Waals surface area contributed by atoms with Gasteiger partial charge in [0.2, 0.25) is 5.91 Å². The van der Waals surface area contributed by atoms with Gasteiger partial charge in [0.1, 0.15) is 5.82 Å². The minimum Gasteiger partial charge on any atom is -0.478 e. The van der Waals surface area contributed by atoms with E-state index >= 15 is 0 Å². The van der Waals surface area contributed by atoms with Gasteiger partial charge >= 0.3 is 5.97 Å². The molecule has 0 radical (unpaired) electrons. The average molecular weight is 381 g/mol. The zero-order valence-corrected chi connectivity index (χ0v) is 16.4. The Balaban J connectivity index is 1.68. The number of carbonyl (C=O) groups excluding carboxylic acids is 1. The maximum atomic E-state index is 12.2. The summed E-state index contributed by atoms with van der Waals surface area (Å²) in [6.45, 7) is 6.21. The molecule has 6 heteroatoms. The summed E-state index contributed by atoms with van der Waals surface area (Å²) in [4.78, 5) is 31.1. The van der Waals surface area contributed by atoms with Crippen LogP contribution in [0.4, 0.5) is 11.5 Å². The van der Waals surface area contributed by atoms with Gasteiger partial charge in [0.05, 0.1) is 11.1 Å². The van der Waals surface area contributed by atoms with Gasteiger partial charge in [-0.15, -0.1) is 0 Å². The van der Waals surface area contributed by atoms with E-state index in [4.69, 9.17) is 4.98 Å². The van der Waals surface area contributed by atoms with Crippen LogP contribution >= 0.6 is 0 Å². The van der Waals surface area contributed by atoms with E-state index in [2.05, 4.69) is 24.1 Å². The Morgan fingerprint density at radius 1 is 1.14 bits per heavy atom. The zero-order chi connectivity index (χ0) is 19.8. The van der Waals surface area contributed by atoms with Gasteiger partial charge in [-0.3, -0.25) is 4.79 Å². The van der Waals surface area contributed by atoms with Gasteiger partial charge in [-0.2, -0.15) is 0 Å². The van der Waals surface area contributed by atoms with E-state index in [1.54, 1.807) is 18.2 Å². The zero-order valence-electron chi connectivity index (χ0n) is 16.4. The molecule has 2 atom stereocenters. The number of amides is 1. The predicted molar refractivity (Wildman–Crippen MR) is 110 cm³/mol. The van der Waals surface area contributed by atoms with E-state index in [0.717, 1.165) is 38.2 Å². The highest BCUT2D eigenvalue weighted by Gasteiger charge is 2.26. The van der Waals surface area contributed by atoms with Crippen molar-refractivity contribution < 1.29 is 14.7 Å². The lowest BCUT2D eigenvalue weighted by Gasteiger charge is -2.36. The quantitative estimate of drug-likeness (QED) is 0.831. The Morgan fingerprint density at radius 3 is 2.46 bits per heavy atom. The summed E-state index contributed by atoms with van der Waals surface area (Å²) in [5, 5.41) is 13.3. The molecule has 2 N–H and O–H groups in total. The highest BCUT2D eigenvalue weighted by molar-refractivity contribution is 6.05. The van der Waals surface area contributed by atoms with Crippen molar-refractivity contribution in [2.24, 2.45) is 17.8 Å². The first-order valence-corrected chi connectivity index (χ1v) is 10.1. The van der Waals surface area contributed by atoms with E-state index in [1.807, 2.05) is 6.07 Å². The molecule has 2 fully saturated rings. The Bertz CT molecular complexity index is 913. The molecule has 6 nitrogen and oxygen atoms in total. The van der Waals surface area contributed by atoms with Crippen LogP contribution in [0.15, 0.2) is 24.3 Å². The molecule has 0 spiro atoms. The second-order valence-corrected chi connectivity index (χ2v) is 8.53. The largest absolute Gasteiger partial charge is 0.478 e. The molecule has 1 aliphatic heterocycles. The van der Waals surface area contributed by atoms with Crippen molar-refractivity contribution in [3.63, 3.8) is 0 Å². The van der Waals surface area contributed by atoms with Crippen LogP contribution in [-0.4, -0.2) is 35.1 Å². The lowest BCUT2D eigenvalue weighted by molar-refractivity contribution is -0.122. The van der Waals surface area contributed by atoms with Crippen LogP contribution < -0.4 is 10.2 Å². The second kappa shape index (κ2) is 7.41. The summed E-state index contributed by atoms with van der Waals surface area (Å²) < 4.78 is 0. The number of carboxylic acids is 1. The number of carboxylic acid groups (broad SMARTS) is 1. The van der Waals surface area contributed by atoms with Crippen LogP contribution in [-0.2, 0) is 4.79 Å². The Morgan fingerprint density at radius 2 is 1.86 bits per heavy atom. The van der Waals surface area contributed by atoms with Crippen LogP contribution in [0, 0.1) is 17.8 Å². The first-order valence-electron chi connectivity index (χ1n) is 10.1. The minimum atomic E-state index is -0.978. The van der Waals surface area contributed by atoms with Crippen LogP contribution in [0.1, 0.15) is 49.9 Å². The van der Waals surface area contributed by atoms with Crippen molar-refractivity contribution in [1.29, 1.82) is 0 Å². The van der Waals surface area contributed by atoms with Gasteiger partial charge in [0, 0.05) is 30.1 Å². The van der Waals surface area contributed by atoms with E-state index < -0.39 is 5.97 Å². The Hall–Kier alpha value is -2.63. The fraction of sp³-hybridized carbons (Fsp3) is 0.500. The predicted octanol–water partition coefficient (Wildman–Crippen LogP) is 4.15. The van der Waals surface area contributed by atoms with E-state index in [0.29, 0.717) is 28.4 Å². The number of aromatic nitrogens is 1. The second-order valence-electron chi connectivity index (χ2n) is 8.53. The molecule has 1 saturated heterocycles. The van der Waals surface area contributed by atoms with Crippen LogP contribution in [0.2, 0.25) is 0 Å². The number of piperidine rings is 1. The standard InChI is InChI=1S/C22H27N3O3/c1-13-8-14(2)12-25(11-13)20-10-18(22(27)28)17-9-16(6-7-19(17)24-20)23-21(26)15-4-3-5-15/h6-7,9-10,13-15H,3-5,8,11-12H2,1-2H3,(H,23,26)(H,27,28). The molecule has 2 unspecified atom stereocenters. The van der Waals surface area contributed by atoms with Crippen LogP contribution in [0.3, 0.4) is 0 Å². The van der Waals surface area contributed by atoms with Gasteiger partial charge in [0.25, 0.3) is 0 Å². The molecular weight excluding hydrogens is 354 g/mol. The van der Waals surface area contributed by atoms with E-state index in [1.165, 1.54) is 6.42 Å². The number of hydrogen-bond acceptors (Lipinski definition) is 4. The molecule has 28 heavy (non-hydrogen) atoms. The summed E-state index contributed by atoms with van der Waals surface area (Å²) in [5.41, 5.74) is 1.50. The molecule has 1 aromatic carbocycles. The van der Waals surface area contributed by atoms with E-state index in [9.17, 15) is 14.7 Å². The van der Waals surface area contributed by atoms with Gasteiger partial charge in [-0.05, 0) is 55.4 Å².